The van der Waals surface area contributed by atoms with E-state index in [4.69, 9.17) is 9.84 Å². The number of carbonyl (C=O) groups is 1. The van der Waals surface area contributed by atoms with Crippen LogP contribution in [-0.4, -0.2) is 24.7 Å². The van der Waals surface area contributed by atoms with E-state index < -0.39 is 12.5 Å². The van der Waals surface area contributed by atoms with Crippen LogP contribution in [0.4, 0.5) is 5.69 Å². The van der Waals surface area contributed by atoms with E-state index in [1.807, 2.05) is 26.8 Å². The lowest BCUT2D eigenvalue weighted by Crippen LogP contribution is -2.17. The molecule has 1 rings (SSSR count). The number of anilines is 1. The largest absolute Gasteiger partial charge is 0.494 e. The highest BCUT2D eigenvalue weighted by Gasteiger charge is 2.14. The zero-order chi connectivity index (χ0) is 12.3. The van der Waals surface area contributed by atoms with Gasteiger partial charge < -0.3 is 15.2 Å². The van der Waals surface area contributed by atoms with Gasteiger partial charge in [0, 0.05) is 0 Å². The van der Waals surface area contributed by atoms with Crippen molar-refractivity contribution in [2.24, 2.45) is 0 Å². The smallest absolute Gasteiger partial charge is 0.250 e. The Morgan fingerprint density at radius 1 is 1.38 bits per heavy atom. The standard InChI is InChI=1S/C12H17NO3/c1-7-5-8(2)11(13-10(15)6-14)12(16-4)9(7)3/h5,14H,6H2,1-4H3,(H,13,15). The molecule has 88 valence electrons. The van der Waals surface area contributed by atoms with Crippen molar-refractivity contribution in [3.63, 3.8) is 0 Å². The van der Waals surface area contributed by atoms with E-state index in [-0.39, 0.29) is 0 Å². The highest BCUT2D eigenvalue weighted by molar-refractivity contribution is 5.94. The summed E-state index contributed by atoms with van der Waals surface area (Å²) in [6.45, 7) is 5.28. The van der Waals surface area contributed by atoms with E-state index in [1.54, 1.807) is 7.11 Å². The van der Waals surface area contributed by atoms with Crippen LogP contribution in [0.2, 0.25) is 0 Å². The van der Waals surface area contributed by atoms with E-state index >= 15 is 0 Å². The lowest BCUT2D eigenvalue weighted by molar-refractivity contribution is -0.118. The van der Waals surface area contributed by atoms with Gasteiger partial charge in [0.25, 0.3) is 0 Å². The van der Waals surface area contributed by atoms with Gasteiger partial charge in [-0.15, -0.1) is 0 Å². The summed E-state index contributed by atoms with van der Waals surface area (Å²) in [6.07, 6.45) is 0. The number of aryl methyl sites for hydroxylation is 2. The molecule has 4 nitrogen and oxygen atoms in total. The third-order valence-corrected chi connectivity index (χ3v) is 2.60. The third-order valence-electron chi connectivity index (χ3n) is 2.60. The minimum absolute atomic E-state index is 0.440. The fraction of sp³-hybridized carbons (Fsp3) is 0.417. The Hall–Kier alpha value is -1.55. The molecule has 0 fully saturated rings. The molecule has 0 aliphatic rings. The Morgan fingerprint density at radius 2 is 2.00 bits per heavy atom. The van der Waals surface area contributed by atoms with E-state index in [0.29, 0.717) is 11.4 Å². The van der Waals surface area contributed by atoms with E-state index in [9.17, 15) is 4.79 Å². The number of benzene rings is 1. The van der Waals surface area contributed by atoms with Crippen molar-refractivity contribution in [3.05, 3.63) is 22.8 Å². The number of carbonyl (C=O) groups excluding carboxylic acids is 1. The predicted octanol–water partition coefficient (Wildman–Crippen LogP) is 1.55. The quantitative estimate of drug-likeness (QED) is 0.817. The van der Waals surface area contributed by atoms with Crippen molar-refractivity contribution >= 4 is 11.6 Å². The molecule has 0 radical (unpaired) electrons. The molecule has 0 saturated carbocycles. The number of aliphatic hydroxyl groups excluding tert-OH is 1. The van der Waals surface area contributed by atoms with Crippen LogP contribution >= 0.6 is 0 Å². The van der Waals surface area contributed by atoms with Gasteiger partial charge in [-0.1, -0.05) is 6.07 Å². The van der Waals surface area contributed by atoms with Crippen LogP contribution in [0.1, 0.15) is 16.7 Å². The second-order valence-corrected chi connectivity index (χ2v) is 3.75. The van der Waals surface area contributed by atoms with Crippen molar-refractivity contribution in [1.29, 1.82) is 0 Å². The molecule has 0 aliphatic carbocycles. The van der Waals surface area contributed by atoms with Crippen LogP contribution in [0.3, 0.4) is 0 Å². The predicted molar refractivity (Wildman–Crippen MR) is 62.9 cm³/mol. The monoisotopic (exact) mass is 223 g/mol. The van der Waals surface area contributed by atoms with Gasteiger partial charge in [-0.3, -0.25) is 4.79 Å². The maximum atomic E-state index is 11.2. The molecular weight excluding hydrogens is 206 g/mol. The minimum atomic E-state index is -0.532. The van der Waals surface area contributed by atoms with Crippen LogP contribution < -0.4 is 10.1 Å². The zero-order valence-corrected chi connectivity index (χ0v) is 10.0. The summed E-state index contributed by atoms with van der Waals surface area (Å²) in [6, 6.07) is 1.98. The van der Waals surface area contributed by atoms with E-state index in [2.05, 4.69) is 5.32 Å². The van der Waals surface area contributed by atoms with Crippen LogP contribution in [0.15, 0.2) is 6.07 Å². The summed E-state index contributed by atoms with van der Waals surface area (Å²) in [5, 5.41) is 11.4. The Labute approximate surface area is 95.2 Å². The number of rotatable bonds is 3. The minimum Gasteiger partial charge on any atom is -0.494 e. The average Bonchev–Trinajstić information content (AvgIpc) is 2.26. The van der Waals surface area contributed by atoms with Gasteiger partial charge in [-0.2, -0.15) is 0 Å². The molecule has 4 heteroatoms. The highest BCUT2D eigenvalue weighted by atomic mass is 16.5. The van der Waals surface area contributed by atoms with Gasteiger partial charge in [-0.05, 0) is 37.5 Å². The molecule has 1 amide bonds. The fourth-order valence-electron chi connectivity index (χ4n) is 1.64. The summed E-state index contributed by atoms with van der Waals surface area (Å²) in [5.74, 6) is 0.212. The van der Waals surface area contributed by atoms with E-state index in [1.165, 1.54) is 0 Å². The second-order valence-electron chi connectivity index (χ2n) is 3.75. The molecule has 0 unspecified atom stereocenters. The third kappa shape index (κ3) is 2.33. The zero-order valence-electron chi connectivity index (χ0n) is 10.0. The van der Waals surface area contributed by atoms with Gasteiger partial charge in [0.05, 0.1) is 12.8 Å². The number of aliphatic hydroxyl groups is 1. The van der Waals surface area contributed by atoms with Crippen molar-refractivity contribution in [2.75, 3.05) is 19.0 Å². The molecule has 16 heavy (non-hydrogen) atoms. The lowest BCUT2D eigenvalue weighted by atomic mass is 10.0. The normalized spacial score (nSPS) is 10.1. The molecule has 0 spiro atoms. The Balaban J connectivity index is 3.25. The van der Waals surface area contributed by atoms with Gasteiger partial charge in [0.1, 0.15) is 12.4 Å². The Kier molecular flexibility index (Phi) is 3.90. The molecule has 0 heterocycles. The number of amides is 1. The molecule has 1 aromatic rings. The van der Waals surface area contributed by atoms with Gasteiger partial charge in [0.2, 0.25) is 5.91 Å². The Bertz CT molecular complexity index is 413. The van der Waals surface area contributed by atoms with Gasteiger partial charge in [-0.25, -0.2) is 0 Å². The fourth-order valence-corrected chi connectivity index (χ4v) is 1.64. The maximum Gasteiger partial charge on any atom is 0.250 e. The number of nitrogens with one attached hydrogen (secondary N) is 1. The average molecular weight is 223 g/mol. The van der Waals surface area contributed by atoms with Crippen molar-refractivity contribution in [2.45, 2.75) is 20.8 Å². The lowest BCUT2D eigenvalue weighted by Gasteiger charge is -2.16. The number of hydrogen-bond donors (Lipinski definition) is 2. The van der Waals surface area contributed by atoms with E-state index in [0.717, 1.165) is 16.7 Å². The molecule has 2 N–H and O–H groups in total. The summed E-state index contributed by atoms with van der Waals surface area (Å²) in [4.78, 5) is 11.2. The number of hydrogen-bond acceptors (Lipinski definition) is 3. The molecule has 0 saturated heterocycles. The van der Waals surface area contributed by atoms with Gasteiger partial charge >= 0.3 is 0 Å². The number of ether oxygens (including phenoxy) is 1. The van der Waals surface area contributed by atoms with Crippen molar-refractivity contribution in [1.82, 2.24) is 0 Å². The molecule has 0 bridgehead atoms. The van der Waals surface area contributed by atoms with Crippen molar-refractivity contribution in [3.8, 4) is 5.75 Å². The number of methoxy groups -OCH3 is 1. The van der Waals surface area contributed by atoms with Gasteiger partial charge in [0.15, 0.2) is 0 Å². The first-order chi connectivity index (χ1) is 7.51. The first-order valence-electron chi connectivity index (χ1n) is 5.06. The molecule has 0 atom stereocenters. The maximum absolute atomic E-state index is 11.2. The Morgan fingerprint density at radius 3 is 2.50 bits per heavy atom. The van der Waals surface area contributed by atoms with Crippen molar-refractivity contribution < 1.29 is 14.6 Å². The first-order valence-corrected chi connectivity index (χ1v) is 5.06. The summed E-state index contributed by atoms with van der Waals surface area (Å²) < 4.78 is 5.29. The molecule has 0 aliphatic heterocycles. The highest BCUT2D eigenvalue weighted by Crippen LogP contribution is 2.33. The topological polar surface area (TPSA) is 58.6 Å². The van der Waals surface area contributed by atoms with Crippen LogP contribution in [-0.2, 0) is 4.79 Å². The molecule has 1 aromatic carbocycles. The SMILES string of the molecule is COc1c(C)c(C)cc(C)c1NC(=O)CO. The van der Waals surface area contributed by atoms with Crippen LogP contribution in [0.5, 0.6) is 5.75 Å². The van der Waals surface area contributed by atoms with Crippen LogP contribution in [0, 0.1) is 20.8 Å². The second kappa shape index (κ2) is 4.99. The summed E-state index contributed by atoms with van der Waals surface area (Å²) in [7, 11) is 1.57. The van der Waals surface area contributed by atoms with Crippen LogP contribution in [0.25, 0.3) is 0 Å². The molecule has 0 aromatic heterocycles. The first kappa shape index (κ1) is 12.5. The molecular formula is C12H17NO3. The summed E-state index contributed by atoms with van der Waals surface area (Å²) >= 11 is 0. The summed E-state index contributed by atoms with van der Waals surface area (Å²) in [5.41, 5.74) is 3.64.